The lowest BCUT2D eigenvalue weighted by molar-refractivity contribution is -0.150. The monoisotopic (exact) mass is 333 g/mol. The van der Waals surface area contributed by atoms with Crippen LogP contribution in [0, 0.1) is 17.1 Å². The summed E-state index contributed by atoms with van der Waals surface area (Å²) >= 11 is 0. The molecule has 22 heavy (non-hydrogen) atoms. The van der Waals surface area contributed by atoms with Crippen molar-refractivity contribution in [1.29, 1.82) is 5.26 Å². The Morgan fingerprint density at radius 3 is 2.68 bits per heavy atom. The molecule has 1 aromatic carbocycles. The first-order valence-electron chi connectivity index (χ1n) is 6.09. The summed E-state index contributed by atoms with van der Waals surface area (Å²) in [6, 6.07) is 2.02. The van der Waals surface area contributed by atoms with Gasteiger partial charge in [0.1, 0.15) is 23.5 Å². The van der Waals surface area contributed by atoms with Gasteiger partial charge < -0.3 is 4.98 Å². The summed E-state index contributed by atoms with van der Waals surface area (Å²) in [5, 5.41) is 9.24. The van der Waals surface area contributed by atoms with Crippen molar-refractivity contribution in [2.45, 2.75) is 18.6 Å². The standard InChI is InChI=1S/C13H11F4N3OS/c1-22(21)20-11(13(15,16)17)4-7-6-19-12-8(7)2-3-10(14)9(12)5-18/h2-3,6,11,19-20H,4H2,1H3. The van der Waals surface area contributed by atoms with E-state index in [4.69, 9.17) is 5.26 Å². The van der Waals surface area contributed by atoms with Crippen molar-refractivity contribution in [1.82, 2.24) is 9.71 Å². The molecule has 4 nitrogen and oxygen atoms in total. The Hall–Kier alpha value is -1.92. The van der Waals surface area contributed by atoms with Gasteiger partial charge in [-0.25, -0.2) is 13.3 Å². The first kappa shape index (κ1) is 16.5. The maximum atomic E-state index is 13.5. The topological polar surface area (TPSA) is 68.7 Å². The first-order chi connectivity index (χ1) is 10.2. The van der Waals surface area contributed by atoms with Crippen LogP contribution in [-0.2, 0) is 17.4 Å². The second kappa shape index (κ2) is 6.06. The average molecular weight is 333 g/mol. The minimum absolute atomic E-state index is 0.149. The molecule has 2 rings (SSSR count). The van der Waals surface area contributed by atoms with Gasteiger partial charge in [0.15, 0.2) is 0 Å². The van der Waals surface area contributed by atoms with Crippen LogP contribution in [0.2, 0.25) is 0 Å². The molecule has 0 spiro atoms. The van der Waals surface area contributed by atoms with E-state index < -0.39 is 35.4 Å². The molecule has 0 amide bonds. The van der Waals surface area contributed by atoms with Crippen LogP contribution in [0.25, 0.3) is 10.9 Å². The van der Waals surface area contributed by atoms with Gasteiger partial charge in [-0.15, -0.1) is 0 Å². The number of H-pyrrole nitrogens is 1. The number of nitrogens with one attached hydrogen (secondary N) is 2. The van der Waals surface area contributed by atoms with Crippen molar-refractivity contribution in [2.24, 2.45) is 0 Å². The van der Waals surface area contributed by atoms with Crippen molar-refractivity contribution >= 4 is 21.9 Å². The molecule has 0 bridgehead atoms. The number of benzene rings is 1. The zero-order valence-electron chi connectivity index (χ0n) is 11.3. The number of rotatable bonds is 4. The molecular weight excluding hydrogens is 322 g/mol. The smallest absolute Gasteiger partial charge is 0.360 e. The van der Waals surface area contributed by atoms with Crippen molar-refractivity contribution in [3.8, 4) is 6.07 Å². The Bertz CT molecular complexity index is 763. The highest BCUT2D eigenvalue weighted by atomic mass is 32.2. The first-order valence-corrected chi connectivity index (χ1v) is 7.64. The van der Waals surface area contributed by atoms with Gasteiger partial charge in [0.25, 0.3) is 0 Å². The van der Waals surface area contributed by atoms with Crippen LogP contribution in [0.3, 0.4) is 0 Å². The lowest BCUT2D eigenvalue weighted by atomic mass is 10.0. The van der Waals surface area contributed by atoms with Gasteiger partial charge in [-0.2, -0.15) is 18.4 Å². The molecule has 2 unspecified atom stereocenters. The Balaban J connectivity index is 2.43. The third-order valence-corrected chi connectivity index (χ3v) is 3.75. The Morgan fingerprint density at radius 2 is 2.14 bits per heavy atom. The number of aromatic amines is 1. The van der Waals surface area contributed by atoms with Crippen LogP contribution < -0.4 is 4.72 Å². The molecule has 2 atom stereocenters. The number of nitrogens with zero attached hydrogens (tertiary/aromatic N) is 1. The largest absolute Gasteiger partial charge is 0.405 e. The van der Waals surface area contributed by atoms with Crippen LogP contribution in [0.5, 0.6) is 0 Å². The van der Waals surface area contributed by atoms with Gasteiger partial charge in [-0.05, 0) is 24.1 Å². The summed E-state index contributed by atoms with van der Waals surface area (Å²) in [5.41, 5.74) is 0.155. The van der Waals surface area contributed by atoms with E-state index in [1.807, 2.05) is 4.72 Å². The van der Waals surface area contributed by atoms with Crippen LogP contribution in [0.15, 0.2) is 18.3 Å². The maximum Gasteiger partial charge on any atom is 0.405 e. The molecule has 1 aromatic heterocycles. The third-order valence-electron chi connectivity index (χ3n) is 3.13. The molecule has 0 aliphatic rings. The number of fused-ring (bicyclic) bond motifs is 1. The van der Waals surface area contributed by atoms with Gasteiger partial charge in [0.2, 0.25) is 0 Å². The summed E-state index contributed by atoms with van der Waals surface area (Å²) in [4.78, 5) is 2.63. The van der Waals surface area contributed by atoms with E-state index in [1.165, 1.54) is 12.3 Å². The molecule has 118 valence electrons. The van der Waals surface area contributed by atoms with Gasteiger partial charge in [0, 0.05) is 17.8 Å². The Kier molecular flexibility index (Phi) is 4.53. The summed E-state index contributed by atoms with van der Waals surface area (Å²) in [5.74, 6) is -0.747. The van der Waals surface area contributed by atoms with Gasteiger partial charge in [-0.1, -0.05) is 0 Å². The highest BCUT2D eigenvalue weighted by molar-refractivity contribution is 7.82. The third kappa shape index (κ3) is 3.28. The summed E-state index contributed by atoms with van der Waals surface area (Å²) < 4.78 is 65.4. The quantitative estimate of drug-likeness (QED) is 0.844. The van der Waals surface area contributed by atoms with Crippen LogP contribution >= 0.6 is 0 Å². The van der Waals surface area contributed by atoms with Crippen molar-refractivity contribution < 1.29 is 21.8 Å². The van der Waals surface area contributed by atoms with E-state index in [2.05, 4.69) is 4.98 Å². The van der Waals surface area contributed by atoms with E-state index in [0.29, 0.717) is 5.39 Å². The summed E-state index contributed by atoms with van der Waals surface area (Å²) in [6.45, 7) is 0. The van der Waals surface area contributed by atoms with E-state index in [0.717, 1.165) is 12.3 Å². The number of hydrogen-bond acceptors (Lipinski definition) is 2. The zero-order valence-corrected chi connectivity index (χ0v) is 12.1. The molecule has 0 radical (unpaired) electrons. The SMILES string of the molecule is CS(=O)NC(Cc1c[nH]c2c(C#N)c(F)ccc12)C(F)(F)F. The summed E-state index contributed by atoms with van der Waals surface area (Å²) in [7, 11) is -1.84. The van der Waals surface area contributed by atoms with E-state index in [9.17, 15) is 21.8 Å². The number of alkyl halides is 3. The molecule has 0 fully saturated rings. The van der Waals surface area contributed by atoms with E-state index in [1.54, 1.807) is 6.07 Å². The number of aromatic nitrogens is 1. The lowest BCUT2D eigenvalue weighted by Crippen LogP contribution is -2.44. The predicted molar refractivity (Wildman–Crippen MR) is 73.7 cm³/mol. The molecule has 0 saturated heterocycles. The van der Waals surface area contributed by atoms with Crippen molar-refractivity contribution in [2.75, 3.05) is 6.26 Å². The number of halogens is 4. The highest BCUT2D eigenvalue weighted by Crippen LogP contribution is 2.28. The fourth-order valence-electron chi connectivity index (χ4n) is 2.15. The minimum Gasteiger partial charge on any atom is -0.360 e. The highest BCUT2D eigenvalue weighted by Gasteiger charge is 2.40. The van der Waals surface area contributed by atoms with Gasteiger partial charge in [-0.3, -0.25) is 0 Å². The Labute approximate surface area is 125 Å². The zero-order chi connectivity index (χ0) is 16.5. The lowest BCUT2D eigenvalue weighted by Gasteiger charge is -2.20. The summed E-state index contributed by atoms with van der Waals surface area (Å²) in [6.07, 6.45) is -2.67. The van der Waals surface area contributed by atoms with Gasteiger partial charge in [0.05, 0.1) is 16.5 Å². The second-order valence-electron chi connectivity index (χ2n) is 4.64. The van der Waals surface area contributed by atoms with Crippen LogP contribution in [0.4, 0.5) is 17.6 Å². The van der Waals surface area contributed by atoms with Gasteiger partial charge >= 0.3 is 6.18 Å². The van der Waals surface area contributed by atoms with Crippen LogP contribution in [0.1, 0.15) is 11.1 Å². The minimum atomic E-state index is -4.59. The molecule has 1 heterocycles. The molecular formula is C13H11F4N3OS. The molecule has 0 aliphatic heterocycles. The van der Waals surface area contributed by atoms with E-state index >= 15 is 0 Å². The fraction of sp³-hybridized carbons (Fsp3) is 0.308. The predicted octanol–water partition coefficient (Wildman–Crippen LogP) is 2.54. The van der Waals surface area contributed by atoms with E-state index in [-0.39, 0.29) is 16.6 Å². The normalized spacial score (nSPS) is 14.7. The Morgan fingerprint density at radius 1 is 1.45 bits per heavy atom. The molecule has 9 heteroatoms. The molecule has 2 N–H and O–H groups in total. The average Bonchev–Trinajstić information content (AvgIpc) is 2.79. The molecule has 0 aliphatic carbocycles. The second-order valence-corrected chi connectivity index (χ2v) is 5.78. The van der Waals surface area contributed by atoms with Crippen molar-refractivity contribution in [3.63, 3.8) is 0 Å². The number of nitriles is 1. The van der Waals surface area contributed by atoms with Crippen molar-refractivity contribution in [3.05, 3.63) is 35.3 Å². The fourth-order valence-corrected chi connectivity index (χ4v) is 2.77. The molecule has 0 saturated carbocycles. The maximum absolute atomic E-state index is 13.5. The number of hydrogen-bond donors (Lipinski definition) is 2. The van der Waals surface area contributed by atoms with Crippen LogP contribution in [-0.4, -0.2) is 27.7 Å². The molecule has 2 aromatic rings.